The van der Waals surface area contributed by atoms with Crippen molar-refractivity contribution in [1.82, 2.24) is 10.3 Å². The number of aromatic nitrogens is 1. The number of aliphatic carboxylic acids is 1. The minimum atomic E-state index is -5.08. The van der Waals surface area contributed by atoms with Crippen LogP contribution in [0.25, 0.3) is 0 Å². The number of carbonyl (C=O) groups is 1. The molecule has 1 fully saturated rings. The molecular weight excluding hydrogens is 275 g/mol. The zero-order valence-corrected chi connectivity index (χ0v) is 10.9. The second-order valence-electron chi connectivity index (χ2n) is 4.32. The van der Waals surface area contributed by atoms with E-state index in [9.17, 15) is 13.2 Å². The Hall–Kier alpha value is -1.83. The Bertz CT molecular complexity index is 446. The number of carboxylic acids is 1. The van der Waals surface area contributed by atoms with Gasteiger partial charge in [-0.3, -0.25) is 4.98 Å². The van der Waals surface area contributed by atoms with Gasteiger partial charge >= 0.3 is 12.1 Å². The van der Waals surface area contributed by atoms with Gasteiger partial charge in [-0.05, 0) is 32.0 Å². The summed E-state index contributed by atoms with van der Waals surface area (Å²) < 4.78 is 31.7. The van der Waals surface area contributed by atoms with Crippen LogP contribution in [0.1, 0.15) is 12.1 Å². The van der Waals surface area contributed by atoms with Gasteiger partial charge in [0.05, 0.1) is 0 Å². The van der Waals surface area contributed by atoms with Crippen LogP contribution >= 0.6 is 0 Å². The van der Waals surface area contributed by atoms with E-state index in [0.29, 0.717) is 6.04 Å². The Kier molecular flexibility index (Phi) is 5.75. The Morgan fingerprint density at radius 1 is 1.55 bits per heavy atom. The summed E-state index contributed by atoms with van der Waals surface area (Å²) in [5.74, 6) is -2.76. The number of hydrogen-bond donors (Lipinski definition) is 3. The lowest BCUT2D eigenvalue weighted by molar-refractivity contribution is -0.192. The molecule has 2 rings (SSSR count). The fourth-order valence-electron chi connectivity index (χ4n) is 1.65. The lowest BCUT2D eigenvalue weighted by Gasteiger charge is -2.12. The van der Waals surface area contributed by atoms with Crippen molar-refractivity contribution in [2.45, 2.75) is 25.6 Å². The molecule has 1 aliphatic heterocycles. The van der Waals surface area contributed by atoms with Crippen molar-refractivity contribution in [3.05, 3.63) is 24.0 Å². The molecule has 3 N–H and O–H groups in total. The number of hydrogen-bond acceptors (Lipinski definition) is 4. The fraction of sp³-hybridized carbons (Fsp3) is 0.500. The van der Waals surface area contributed by atoms with Crippen LogP contribution in [0.3, 0.4) is 0 Å². The summed E-state index contributed by atoms with van der Waals surface area (Å²) in [6.45, 7) is 4.21. The summed E-state index contributed by atoms with van der Waals surface area (Å²) in [6.07, 6.45) is -2.03. The van der Waals surface area contributed by atoms with E-state index >= 15 is 0 Å². The number of carboxylic acid groups (broad SMARTS) is 1. The fourth-order valence-corrected chi connectivity index (χ4v) is 1.65. The lowest BCUT2D eigenvalue weighted by Crippen LogP contribution is -2.22. The predicted octanol–water partition coefficient (Wildman–Crippen LogP) is 1.80. The standard InChI is InChI=1S/C10H15N3.C2HF3O2/c1-8-6-9(3-5-12-8)13-10-2-4-11-7-10;3-2(4,5)1(6)7/h3,5-6,10-11H,2,4,7H2,1H3,(H,12,13);(H,6,7)/t10-;/m0./s1. The normalized spacial score (nSPS) is 18.1. The van der Waals surface area contributed by atoms with E-state index in [1.54, 1.807) is 0 Å². The molecule has 0 radical (unpaired) electrons. The maximum atomic E-state index is 10.6. The molecule has 0 saturated carbocycles. The molecule has 1 aromatic rings. The highest BCUT2D eigenvalue weighted by molar-refractivity contribution is 5.73. The molecule has 5 nitrogen and oxygen atoms in total. The van der Waals surface area contributed by atoms with Crippen LogP contribution < -0.4 is 10.6 Å². The Morgan fingerprint density at radius 3 is 2.65 bits per heavy atom. The molecule has 2 heterocycles. The van der Waals surface area contributed by atoms with Crippen molar-refractivity contribution in [2.75, 3.05) is 18.4 Å². The van der Waals surface area contributed by atoms with Gasteiger partial charge in [0.1, 0.15) is 0 Å². The van der Waals surface area contributed by atoms with E-state index in [4.69, 9.17) is 9.90 Å². The van der Waals surface area contributed by atoms with Crippen molar-refractivity contribution >= 4 is 11.7 Å². The van der Waals surface area contributed by atoms with E-state index in [0.717, 1.165) is 18.8 Å². The summed E-state index contributed by atoms with van der Waals surface area (Å²) in [5, 5.41) is 13.9. The summed E-state index contributed by atoms with van der Waals surface area (Å²) in [5.41, 5.74) is 2.25. The molecule has 0 aromatic carbocycles. The van der Waals surface area contributed by atoms with Crippen molar-refractivity contribution < 1.29 is 23.1 Å². The first-order chi connectivity index (χ1) is 9.29. The van der Waals surface area contributed by atoms with Gasteiger partial charge in [0, 0.05) is 30.2 Å². The molecule has 1 atom stereocenters. The van der Waals surface area contributed by atoms with Crippen LogP contribution in [0.15, 0.2) is 18.3 Å². The predicted molar refractivity (Wildman–Crippen MR) is 67.6 cm³/mol. The quantitative estimate of drug-likeness (QED) is 0.775. The molecule has 0 aliphatic carbocycles. The van der Waals surface area contributed by atoms with E-state index < -0.39 is 12.1 Å². The number of rotatable bonds is 2. The van der Waals surface area contributed by atoms with Crippen LogP contribution in [0, 0.1) is 6.92 Å². The van der Waals surface area contributed by atoms with E-state index in [1.165, 1.54) is 12.1 Å². The zero-order chi connectivity index (χ0) is 15.2. The van der Waals surface area contributed by atoms with Gasteiger partial charge in [-0.1, -0.05) is 0 Å². The van der Waals surface area contributed by atoms with Gasteiger partial charge in [0.25, 0.3) is 0 Å². The Morgan fingerprint density at radius 2 is 2.20 bits per heavy atom. The van der Waals surface area contributed by atoms with Gasteiger partial charge in [-0.25, -0.2) is 4.79 Å². The molecule has 0 unspecified atom stereocenters. The second-order valence-corrected chi connectivity index (χ2v) is 4.32. The highest BCUT2D eigenvalue weighted by Gasteiger charge is 2.38. The zero-order valence-electron chi connectivity index (χ0n) is 10.9. The Balaban J connectivity index is 0.000000246. The smallest absolute Gasteiger partial charge is 0.475 e. The van der Waals surface area contributed by atoms with Crippen LogP contribution in [0.2, 0.25) is 0 Å². The third kappa shape index (κ3) is 5.87. The summed E-state index contributed by atoms with van der Waals surface area (Å²) in [6, 6.07) is 4.69. The Labute approximate surface area is 114 Å². The molecule has 8 heteroatoms. The highest BCUT2D eigenvalue weighted by atomic mass is 19.4. The molecule has 1 aromatic heterocycles. The molecule has 0 spiro atoms. The van der Waals surface area contributed by atoms with Crippen LogP contribution in [0.4, 0.5) is 18.9 Å². The highest BCUT2D eigenvalue weighted by Crippen LogP contribution is 2.13. The molecule has 0 amide bonds. The minimum absolute atomic E-state index is 0.585. The molecule has 112 valence electrons. The molecular formula is C12H16F3N3O2. The number of halogens is 3. The monoisotopic (exact) mass is 291 g/mol. The van der Waals surface area contributed by atoms with Gasteiger partial charge in [-0.15, -0.1) is 0 Å². The summed E-state index contributed by atoms with van der Waals surface area (Å²) >= 11 is 0. The third-order valence-electron chi connectivity index (χ3n) is 2.57. The van der Waals surface area contributed by atoms with Crippen molar-refractivity contribution in [3.63, 3.8) is 0 Å². The van der Waals surface area contributed by atoms with Gasteiger partial charge in [0.2, 0.25) is 0 Å². The van der Waals surface area contributed by atoms with E-state index in [1.807, 2.05) is 19.2 Å². The lowest BCUT2D eigenvalue weighted by atomic mass is 10.2. The minimum Gasteiger partial charge on any atom is -0.475 e. The SMILES string of the molecule is Cc1cc(N[C@H]2CCNC2)ccn1.O=C(O)C(F)(F)F. The molecule has 20 heavy (non-hydrogen) atoms. The number of nitrogens with zero attached hydrogens (tertiary/aromatic N) is 1. The molecule has 1 aliphatic rings. The summed E-state index contributed by atoms with van der Waals surface area (Å²) in [4.78, 5) is 13.1. The average molecular weight is 291 g/mol. The van der Waals surface area contributed by atoms with Crippen molar-refractivity contribution in [1.29, 1.82) is 0 Å². The van der Waals surface area contributed by atoms with Crippen LogP contribution in [-0.4, -0.2) is 41.4 Å². The maximum absolute atomic E-state index is 10.6. The third-order valence-corrected chi connectivity index (χ3v) is 2.57. The van der Waals surface area contributed by atoms with Crippen LogP contribution in [0.5, 0.6) is 0 Å². The number of anilines is 1. The molecule has 0 bridgehead atoms. The van der Waals surface area contributed by atoms with Gasteiger partial charge in [0.15, 0.2) is 0 Å². The van der Waals surface area contributed by atoms with E-state index in [2.05, 4.69) is 21.7 Å². The van der Waals surface area contributed by atoms with Crippen LogP contribution in [-0.2, 0) is 4.79 Å². The van der Waals surface area contributed by atoms with Gasteiger partial charge in [-0.2, -0.15) is 13.2 Å². The average Bonchev–Trinajstić information content (AvgIpc) is 2.81. The second kappa shape index (κ2) is 7.09. The number of pyridine rings is 1. The maximum Gasteiger partial charge on any atom is 0.490 e. The number of aryl methyl sites for hydroxylation is 1. The van der Waals surface area contributed by atoms with E-state index in [-0.39, 0.29) is 0 Å². The largest absolute Gasteiger partial charge is 0.490 e. The summed E-state index contributed by atoms with van der Waals surface area (Å²) in [7, 11) is 0. The first-order valence-corrected chi connectivity index (χ1v) is 5.99. The topological polar surface area (TPSA) is 74.2 Å². The van der Waals surface area contributed by atoms with Crippen molar-refractivity contribution in [3.8, 4) is 0 Å². The molecule has 1 saturated heterocycles. The van der Waals surface area contributed by atoms with Gasteiger partial charge < -0.3 is 15.7 Å². The number of nitrogens with one attached hydrogen (secondary N) is 2. The first kappa shape index (κ1) is 16.2. The van der Waals surface area contributed by atoms with Crippen molar-refractivity contribution in [2.24, 2.45) is 0 Å². The number of alkyl halides is 3. The first-order valence-electron chi connectivity index (χ1n) is 5.99.